The Morgan fingerprint density at radius 2 is 2.00 bits per heavy atom. The van der Waals surface area contributed by atoms with Gasteiger partial charge in [0.1, 0.15) is 6.04 Å². The molecule has 0 bridgehead atoms. The topological polar surface area (TPSA) is 105 Å². The summed E-state index contributed by atoms with van der Waals surface area (Å²) in [6.45, 7) is 3.83. The predicted octanol–water partition coefficient (Wildman–Crippen LogP) is -0.491. The van der Waals surface area contributed by atoms with Crippen LogP contribution >= 0.6 is 0 Å². The maximum atomic E-state index is 11.3. The fraction of sp³-hybridized carbons (Fsp3) is 0.727. The number of esters is 1. The number of aliphatic carboxylic acids is 1. The Labute approximate surface area is 106 Å². The number of carbonyl (C=O) groups is 3. The first-order valence-corrected chi connectivity index (χ1v) is 5.85. The molecule has 0 heterocycles. The lowest BCUT2D eigenvalue weighted by molar-refractivity contribution is -0.143. The number of carboxylic acids is 1. The van der Waals surface area contributed by atoms with E-state index < -0.39 is 12.0 Å². The van der Waals surface area contributed by atoms with Gasteiger partial charge >= 0.3 is 11.9 Å². The Bertz CT molecular complexity index is 293. The first-order chi connectivity index (χ1) is 8.47. The molecule has 0 saturated heterocycles. The summed E-state index contributed by atoms with van der Waals surface area (Å²) >= 11 is 0. The fourth-order valence-corrected chi connectivity index (χ4v) is 1.09. The smallest absolute Gasteiger partial charge is 0.320 e. The van der Waals surface area contributed by atoms with Gasteiger partial charge in [0.15, 0.2) is 0 Å². The third kappa shape index (κ3) is 8.51. The van der Waals surface area contributed by atoms with E-state index in [4.69, 9.17) is 9.84 Å². The molecule has 0 aliphatic carbocycles. The van der Waals surface area contributed by atoms with Crippen LogP contribution < -0.4 is 10.6 Å². The molecule has 1 amide bonds. The zero-order valence-corrected chi connectivity index (χ0v) is 10.7. The zero-order valence-electron chi connectivity index (χ0n) is 10.7. The molecular weight excluding hydrogens is 240 g/mol. The van der Waals surface area contributed by atoms with E-state index in [1.807, 2.05) is 0 Å². The van der Waals surface area contributed by atoms with Crippen LogP contribution in [0.25, 0.3) is 0 Å². The molecule has 0 saturated carbocycles. The lowest BCUT2D eigenvalue weighted by Crippen LogP contribution is -2.41. The second-order valence-electron chi connectivity index (χ2n) is 3.70. The summed E-state index contributed by atoms with van der Waals surface area (Å²) in [5, 5.41) is 13.7. The minimum atomic E-state index is -1.01. The summed E-state index contributed by atoms with van der Waals surface area (Å²) in [6, 6.07) is -0.768. The summed E-state index contributed by atoms with van der Waals surface area (Å²) < 4.78 is 4.72. The van der Waals surface area contributed by atoms with Gasteiger partial charge in [0.05, 0.1) is 13.2 Å². The minimum absolute atomic E-state index is 0.0626. The van der Waals surface area contributed by atoms with Crippen LogP contribution in [0.1, 0.15) is 26.7 Å². The van der Waals surface area contributed by atoms with Crippen molar-refractivity contribution in [2.75, 3.05) is 19.7 Å². The SMILES string of the molecule is CCOC(=O)CCCNC(=O)CNC(C)C(=O)O. The number of rotatable bonds is 9. The standard InChI is InChI=1S/C11H20N2O5/c1-3-18-10(15)5-4-6-12-9(14)7-13-8(2)11(16)17/h8,13H,3-7H2,1-2H3,(H,12,14)(H,16,17). The van der Waals surface area contributed by atoms with Crippen LogP contribution in [-0.4, -0.2) is 48.7 Å². The van der Waals surface area contributed by atoms with E-state index in [-0.39, 0.29) is 24.8 Å². The maximum absolute atomic E-state index is 11.3. The number of ether oxygens (including phenoxy) is 1. The molecule has 0 aromatic rings. The third-order valence-electron chi connectivity index (χ3n) is 2.12. The molecule has 1 atom stereocenters. The number of hydrogen-bond acceptors (Lipinski definition) is 5. The lowest BCUT2D eigenvalue weighted by Gasteiger charge is -2.09. The molecule has 0 aliphatic heterocycles. The second kappa shape index (κ2) is 9.41. The number of nitrogens with one attached hydrogen (secondary N) is 2. The molecule has 1 unspecified atom stereocenters. The van der Waals surface area contributed by atoms with Crippen molar-refractivity contribution in [3.8, 4) is 0 Å². The van der Waals surface area contributed by atoms with Gasteiger partial charge in [-0.15, -0.1) is 0 Å². The normalized spacial score (nSPS) is 11.7. The van der Waals surface area contributed by atoms with Crippen LogP contribution in [0.5, 0.6) is 0 Å². The van der Waals surface area contributed by atoms with Gasteiger partial charge in [-0.1, -0.05) is 0 Å². The number of amides is 1. The van der Waals surface area contributed by atoms with E-state index in [1.165, 1.54) is 6.92 Å². The van der Waals surface area contributed by atoms with Crippen molar-refractivity contribution in [2.45, 2.75) is 32.7 Å². The van der Waals surface area contributed by atoms with Gasteiger partial charge in [-0.05, 0) is 20.3 Å². The van der Waals surface area contributed by atoms with Crippen LogP contribution in [0, 0.1) is 0 Å². The highest BCUT2D eigenvalue weighted by Gasteiger charge is 2.11. The molecule has 0 radical (unpaired) electrons. The highest BCUT2D eigenvalue weighted by molar-refractivity contribution is 5.79. The molecule has 0 rings (SSSR count). The molecule has 18 heavy (non-hydrogen) atoms. The quantitative estimate of drug-likeness (QED) is 0.381. The van der Waals surface area contributed by atoms with Crippen molar-refractivity contribution in [3.63, 3.8) is 0 Å². The lowest BCUT2D eigenvalue weighted by atomic mass is 10.3. The van der Waals surface area contributed by atoms with Gasteiger partial charge < -0.3 is 15.2 Å². The van der Waals surface area contributed by atoms with Crippen molar-refractivity contribution in [1.29, 1.82) is 0 Å². The number of carboxylic acid groups (broad SMARTS) is 1. The summed E-state index contributed by atoms with van der Waals surface area (Å²) in [6.07, 6.45) is 0.756. The van der Waals surface area contributed by atoms with Crippen LogP contribution in [-0.2, 0) is 19.1 Å². The van der Waals surface area contributed by atoms with E-state index in [9.17, 15) is 14.4 Å². The molecule has 7 nitrogen and oxygen atoms in total. The second-order valence-corrected chi connectivity index (χ2v) is 3.70. The van der Waals surface area contributed by atoms with Crippen LogP contribution in [0.3, 0.4) is 0 Å². The Morgan fingerprint density at radius 3 is 2.56 bits per heavy atom. The average Bonchev–Trinajstić information content (AvgIpc) is 2.31. The van der Waals surface area contributed by atoms with Crippen LogP contribution in [0.15, 0.2) is 0 Å². The van der Waals surface area contributed by atoms with E-state index in [2.05, 4.69) is 10.6 Å². The number of carbonyl (C=O) groups excluding carboxylic acids is 2. The highest BCUT2D eigenvalue weighted by Crippen LogP contribution is 1.91. The maximum Gasteiger partial charge on any atom is 0.320 e. The van der Waals surface area contributed by atoms with E-state index in [0.717, 1.165) is 0 Å². The first kappa shape index (κ1) is 16.4. The molecule has 0 fully saturated rings. The van der Waals surface area contributed by atoms with Crippen molar-refractivity contribution in [1.82, 2.24) is 10.6 Å². The van der Waals surface area contributed by atoms with E-state index in [0.29, 0.717) is 19.6 Å². The molecule has 0 aliphatic rings. The van der Waals surface area contributed by atoms with Crippen molar-refractivity contribution in [2.24, 2.45) is 0 Å². The van der Waals surface area contributed by atoms with Gasteiger partial charge in [0, 0.05) is 13.0 Å². The average molecular weight is 260 g/mol. The van der Waals surface area contributed by atoms with Gasteiger partial charge in [-0.2, -0.15) is 0 Å². The summed E-state index contributed by atoms with van der Waals surface area (Å²) in [5.74, 6) is -1.60. The van der Waals surface area contributed by atoms with Gasteiger partial charge in [-0.3, -0.25) is 19.7 Å². The molecule has 104 valence electrons. The molecule has 0 spiro atoms. The van der Waals surface area contributed by atoms with Crippen LogP contribution in [0.2, 0.25) is 0 Å². The Hall–Kier alpha value is -1.63. The summed E-state index contributed by atoms with van der Waals surface area (Å²) in [4.78, 5) is 32.7. The largest absolute Gasteiger partial charge is 0.480 e. The van der Waals surface area contributed by atoms with Crippen molar-refractivity contribution < 1.29 is 24.2 Å². The fourth-order valence-electron chi connectivity index (χ4n) is 1.09. The first-order valence-electron chi connectivity index (χ1n) is 5.85. The third-order valence-corrected chi connectivity index (χ3v) is 2.12. The van der Waals surface area contributed by atoms with E-state index >= 15 is 0 Å². The molecule has 7 heteroatoms. The molecule has 0 aromatic heterocycles. The minimum Gasteiger partial charge on any atom is -0.480 e. The monoisotopic (exact) mass is 260 g/mol. The molecule has 0 aromatic carbocycles. The predicted molar refractivity (Wildman–Crippen MR) is 64.0 cm³/mol. The van der Waals surface area contributed by atoms with Crippen molar-refractivity contribution >= 4 is 17.8 Å². The van der Waals surface area contributed by atoms with Gasteiger partial charge in [0.25, 0.3) is 0 Å². The summed E-state index contributed by atoms with van der Waals surface area (Å²) in [7, 11) is 0. The Balaban J connectivity index is 3.54. The summed E-state index contributed by atoms with van der Waals surface area (Å²) in [5.41, 5.74) is 0. The molecule has 3 N–H and O–H groups in total. The van der Waals surface area contributed by atoms with Gasteiger partial charge in [0.2, 0.25) is 5.91 Å². The Morgan fingerprint density at radius 1 is 1.33 bits per heavy atom. The van der Waals surface area contributed by atoms with Crippen LogP contribution in [0.4, 0.5) is 0 Å². The Kier molecular flexibility index (Phi) is 8.55. The van der Waals surface area contributed by atoms with E-state index in [1.54, 1.807) is 6.92 Å². The molecular formula is C11H20N2O5. The van der Waals surface area contributed by atoms with Crippen molar-refractivity contribution in [3.05, 3.63) is 0 Å². The zero-order chi connectivity index (χ0) is 14.0. The number of hydrogen-bond donors (Lipinski definition) is 3. The highest BCUT2D eigenvalue weighted by atomic mass is 16.5. The van der Waals surface area contributed by atoms with Gasteiger partial charge in [-0.25, -0.2) is 0 Å².